The Kier molecular flexibility index (Phi) is 7.30. The summed E-state index contributed by atoms with van der Waals surface area (Å²) in [5.74, 6) is -0.418. The van der Waals surface area contributed by atoms with Crippen LogP contribution in [0.2, 0.25) is 0 Å². The second kappa shape index (κ2) is 10.0. The van der Waals surface area contributed by atoms with Gasteiger partial charge in [0, 0.05) is 18.0 Å². The van der Waals surface area contributed by atoms with Gasteiger partial charge in [0.15, 0.2) is 0 Å². The molecule has 0 spiro atoms. The number of nitrogens with zero attached hydrogens (tertiary/aromatic N) is 2. The van der Waals surface area contributed by atoms with E-state index in [1.165, 1.54) is 11.8 Å². The predicted molar refractivity (Wildman–Crippen MR) is 140 cm³/mol. The summed E-state index contributed by atoms with van der Waals surface area (Å²) in [6.07, 6.45) is 3.92. The molecular formula is C23H22N2O4S4. The van der Waals surface area contributed by atoms with E-state index in [0.29, 0.717) is 22.3 Å². The fourth-order valence-electron chi connectivity index (χ4n) is 3.60. The van der Waals surface area contributed by atoms with Crippen molar-refractivity contribution in [2.24, 2.45) is 0 Å². The highest BCUT2D eigenvalue weighted by molar-refractivity contribution is 8.26. The van der Waals surface area contributed by atoms with Crippen LogP contribution in [0.15, 0.2) is 75.5 Å². The molecule has 1 N–H and O–H groups in total. The maximum atomic E-state index is 12.5. The van der Waals surface area contributed by atoms with Gasteiger partial charge in [0.1, 0.15) is 4.32 Å². The fourth-order valence-corrected chi connectivity index (χ4v) is 6.49. The number of hydrogen-bond acceptors (Lipinski definition) is 7. The van der Waals surface area contributed by atoms with Crippen molar-refractivity contribution in [2.75, 3.05) is 23.7 Å². The molecule has 2 aliphatic heterocycles. The number of anilines is 1. The van der Waals surface area contributed by atoms with Crippen LogP contribution in [-0.4, -0.2) is 46.9 Å². The molecule has 1 saturated heterocycles. The number of carbonyl (C=O) groups excluding carboxylic acids is 1. The zero-order valence-electron chi connectivity index (χ0n) is 17.8. The minimum atomic E-state index is -4.04. The van der Waals surface area contributed by atoms with E-state index in [-0.39, 0.29) is 18.1 Å². The maximum Gasteiger partial charge on any atom is 0.266 e. The molecule has 10 heteroatoms. The Morgan fingerprint density at radius 2 is 1.79 bits per heavy atom. The molecule has 33 heavy (non-hydrogen) atoms. The Hall–Kier alpha value is -2.11. The number of benzene rings is 2. The Bertz CT molecular complexity index is 1260. The highest BCUT2D eigenvalue weighted by Gasteiger charge is 2.31. The molecule has 0 radical (unpaired) electrons. The number of thioether (sulfide) groups is 2. The number of thiocarbonyl (C=S) groups is 1. The first-order valence-corrected chi connectivity index (χ1v) is 14.0. The third-order valence-electron chi connectivity index (χ3n) is 5.19. The predicted octanol–water partition coefficient (Wildman–Crippen LogP) is 5.15. The van der Waals surface area contributed by atoms with Crippen LogP contribution in [0.3, 0.4) is 0 Å². The molecule has 0 aromatic heterocycles. The highest BCUT2D eigenvalue weighted by Crippen LogP contribution is 2.47. The molecule has 0 aliphatic carbocycles. The minimum absolute atomic E-state index is 0.103. The normalized spacial score (nSPS) is 18.6. The zero-order valence-corrected chi connectivity index (χ0v) is 21.1. The van der Waals surface area contributed by atoms with Crippen LogP contribution >= 0.6 is 35.7 Å². The SMILES string of the molecule is CCN1C(=O)/C(=C/C=C2/Sc3ccc(-c4ccccc4)cc3N2CCCS(=O)(=O)O)SC1=S. The van der Waals surface area contributed by atoms with Gasteiger partial charge in [0.05, 0.1) is 21.4 Å². The number of allylic oxidation sites excluding steroid dienone is 2. The van der Waals surface area contributed by atoms with E-state index in [4.69, 9.17) is 16.8 Å². The summed E-state index contributed by atoms with van der Waals surface area (Å²) in [4.78, 5) is 17.8. The molecule has 2 aromatic carbocycles. The summed E-state index contributed by atoms with van der Waals surface area (Å²) < 4.78 is 32.2. The van der Waals surface area contributed by atoms with Crippen molar-refractivity contribution < 1.29 is 17.8 Å². The first-order chi connectivity index (χ1) is 15.8. The van der Waals surface area contributed by atoms with E-state index in [0.717, 1.165) is 26.7 Å². The molecule has 4 rings (SSSR count). The van der Waals surface area contributed by atoms with Crippen LogP contribution in [-0.2, 0) is 14.9 Å². The molecule has 2 heterocycles. The molecule has 6 nitrogen and oxygen atoms in total. The van der Waals surface area contributed by atoms with Gasteiger partial charge in [0.25, 0.3) is 16.0 Å². The van der Waals surface area contributed by atoms with E-state index >= 15 is 0 Å². The van der Waals surface area contributed by atoms with Gasteiger partial charge >= 0.3 is 0 Å². The highest BCUT2D eigenvalue weighted by atomic mass is 32.2. The number of fused-ring (bicyclic) bond motifs is 1. The van der Waals surface area contributed by atoms with Gasteiger partial charge in [-0.3, -0.25) is 14.2 Å². The van der Waals surface area contributed by atoms with E-state index in [2.05, 4.69) is 18.2 Å². The van der Waals surface area contributed by atoms with E-state index in [1.807, 2.05) is 48.2 Å². The lowest BCUT2D eigenvalue weighted by atomic mass is 10.0. The first-order valence-electron chi connectivity index (χ1n) is 10.3. The topological polar surface area (TPSA) is 77.9 Å². The molecule has 0 bridgehead atoms. The molecular weight excluding hydrogens is 497 g/mol. The lowest BCUT2D eigenvalue weighted by molar-refractivity contribution is -0.122. The van der Waals surface area contributed by atoms with Crippen LogP contribution in [0.4, 0.5) is 5.69 Å². The fraction of sp³-hybridized carbons (Fsp3) is 0.217. The Morgan fingerprint density at radius 1 is 1.03 bits per heavy atom. The van der Waals surface area contributed by atoms with Gasteiger partial charge in [-0.15, -0.1) is 0 Å². The van der Waals surface area contributed by atoms with Crippen LogP contribution in [0.1, 0.15) is 13.3 Å². The van der Waals surface area contributed by atoms with Crippen molar-refractivity contribution in [2.45, 2.75) is 18.2 Å². The Morgan fingerprint density at radius 3 is 2.45 bits per heavy atom. The van der Waals surface area contributed by atoms with Gasteiger partial charge in [-0.2, -0.15) is 8.42 Å². The van der Waals surface area contributed by atoms with Crippen molar-refractivity contribution >= 4 is 61.8 Å². The number of likely N-dealkylation sites (N-methyl/N-ethyl adjacent to an activating group) is 1. The Balaban J connectivity index is 1.66. The molecule has 1 fully saturated rings. The van der Waals surface area contributed by atoms with Crippen molar-refractivity contribution in [3.63, 3.8) is 0 Å². The number of hydrogen-bond donors (Lipinski definition) is 1. The van der Waals surface area contributed by atoms with Crippen LogP contribution in [0.5, 0.6) is 0 Å². The average Bonchev–Trinajstić information content (AvgIpc) is 3.27. The van der Waals surface area contributed by atoms with E-state index in [9.17, 15) is 13.2 Å². The summed E-state index contributed by atoms with van der Waals surface area (Å²) >= 11 is 8.13. The van der Waals surface area contributed by atoms with Gasteiger partial charge in [-0.05, 0) is 48.8 Å². The smallest absolute Gasteiger partial charge is 0.266 e. The molecule has 1 amide bonds. The molecule has 2 aromatic rings. The second-order valence-electron chi connectivity index (χ2n) is 7.40. The minimum Gasteiger partial charge on any atom is -0.335 e. The summed E-state index contributed by atoms with van der Waals surface area (Å²) in [6, 6.07) is 16.2. The number of carbonyl (C=O) groups is 1. The first kappa shape index (κ1) is 24.0. The van der Waals surface area contributed by atoms with Crippen LogP contribution in [0.25, 0.3) is 11.1 Å². The van der Waals surface area contributed by atoms with Gasteiger partial charge in [-0.25, -0.2) is 0 Å². The summed E-state index contributed by atoms with van der Waals surface area (Å²) in [5, 5.41) is 0.882. The van der Waals surface area contributed by atoms with Gasteiger partial charge < -0.3 is 4.90 Å². The molecule has 0 atom stereocenters. The lowest BCUT2D eigenvalue weighted by Gasteiger charge is -2.20. The molecule has 0 unspecified atom stereocenters. The average molecular weight is 519 g/mol. The lowest BCUT2D eigenvalue weighted by Crippen LogP contribution is -2.27. The maximum absolute atomic E-state index is 12.5. The second-order valence-corrected chi connectivity index (χ2v) is 11.7. The van der Waals surface area contributed by atoms with E-state index in [1.54, 1.807) is 22.7 Å². The molecule has 0 saturated carbocycles. The Labute approximate surface area is 207 Å². The van der Waals surface area contributed by atoms with Crippen molar-refractivity contribution in [1.82, 2.24) is 4.90 Å². The van der Waals surface area contributed by atoms with Crippen LogP contribution < -0.4 is 4.90 Å². The third kappa shape index (κ3) is 5.52. The quantitative estimate of drug-likeness (QED) is 0.306. The molecule has 172 valence electrons. The largest absolute Gasteiger partial charge is 0.335 e. The monoisotopic (exact) mass is 518 g/mol. The number of rotatable bonds is 7. The van der Waals surface area contributed by atoms with Crippen molar-refractivity contribution in [3.05, 3.63) is 70.6 Å². The third-order valence-corrected chi connectivity index (χ3v) is 8.52. The summed E-state index contributed by atoms with van der Waals surface area (Å²) in [5.41, 5.74) is 3.11. The summed E-state index contributed by atoms with van der Waals surface area (Å²) in [6.45, 7) is 2.83. The van der Waals surface area contributed by atoms with Crippen molar-refractivity contribution in [1.29, 1.82) is 0 Å². The van der Waals surface area contributed by atoms with Gasteiger partial charge in [0.2, 0.25) is 0 Å². The standard InChI is InChI=1S/C23H22N2O4S4/c1-2-24-22(26)20(32-23(24)30)11-12-21-25(13-6-14-33(27,28)29)18-15-17(9-10-19(18)31-21)16-7-4-3-5-8-16/h3-5,7-12,15H,2,6,13-14H2,1H3,(H,27,28,29)/b20-11-,21-12+. The van der Waals surface area contributed by atoms with Crippen LogP contribution in [0, 0.1) is 0 Å². The van der Waals surface area contributed by atoms with Gasteiger partial charge in [-0.1, -0.05) is 72.1 Å². The summed E-state index contributed by atoms with van der Waals surface area (Å²) in [7, 11) is -4.04. The number of amides is 1. The molecule has 2 aliphatic rings. The van der Waals surface area contributed by atoms with E-state index < -0.39 is 10.1 Å². The zero-order chi connectivity index (χ0) is 23.6. The van der Waals surface area contributed by atoms with Crippen molar-refractivity contribution in [3.8, 4) is 11.1 Å².